The van der Waals surface area contributed by atoms with Gasteiger partial charge in [0.1, 0.15) is 13.1 Å². The normalized spacial score (nSPS) is 14.6. The second kappa shape index (κ2) is 8.44. The van der Waals surface area contributed by atoms with E-state index in [4.69, 9.17) is 4.74 Å². The van der Waals surface area contributed by atoms with Gasteiger partial charge < -0.3 is 14.2 Å². The molecule has 0 saturated heterocycles. The Hall–Kier alpha value is -2.85. The highest BCUT2D eigenvalue weighted by atomic mass is 16.5. The molecular weight excluding hydrogens is 348 g/mol. The van der Waals surface area contributed by atoms with Crippen LogP contribution < -0.4 is 4.90 Å². The van der Waals surface area contributed by atoms with Gasteiger partial charge in [-0.2, -0.15) is 0 Å². The highest BCUT2D eigenvalue weighted by Gasteiger charge is 2.34. The summed E-state index contributed by atoms with van der Waals surface area (Å²) in [5, 5.41) is 0. The number of hydrogen-bond acceptors (Lipinski definition) is 2. The molecule has 1 unspecified atom stereocenters. The van der Waals surface area contributed by atoms with Crippen LogP contribution in [0.5, 0.6) is 0 Å². The van der Waals surface area contributed by atoms with E-state index < -0.39 is 0 Å². The lowest BCUT2D eigenvalue weighted by Crippen LogP contribution is -3.10. The summed E-state index contributed by atoms with van der Waals surface area (Å²) in [7, 11) is 1.45. The largest absolute Gasteiger partial charge is 0.465 e. The minimum Gasteiger partial charge on any atom is -0.465 e. The smallest absolute Gasteiger partial charge is 0.338 e. The summed E-state index contributed by atoms with van der Waals surface area (Å²) in [6.07, 6.45) is 4.68. The molecule has 1 aromatic heterocycles. The van der Waals surface area contributed by atoms with Gasteiger partial charge in [0.05, 0.1) is 24.4 Å². The fourth-order valence-corrected chi connectivity index (χ4v) is 3.85. The van der Waals surface area contributed by atoms with Crippen molar-refractivity contribution in [2.45, 2.75) is 38.5 Å². The molecular formula is C24H27N2O2+. The van der Waals surface area contributed by atoms with Crippen LogP contribution in [0.25, 0.3) is 0 Å². The first-order valence-corrected chi connectivity index (χ1v) is 9.93. The molecule has 28 heavy (non-hydrogen) atoms. The second-order valence-corrected chi connectivity index (χ2v) is 7.55. The molecule has 4 rings (SSSR count). The number of esters is 1. The fraction of sp³-hybridized carbons (Fsp3) is 0.292. The summed E-state index contributed by atoms with van der Waals surface area (Å²) in [5.74, 6) is -0.252. The van der Waals surface area contributed by atoms with Crippen LogP contribution >= 0.6 is 0 Å². The Kier molecular flexibility index (Phi) is 5.58. The number of ether oxygens (including phenoxy) is 1. The van der Waals surface area contributed by atoms with Crippen molar-refractivity contribution in [1.29, 1.82) is 0 Å². The number of rotatable bonds is 8. The molecule has 0 aliphatic heterocycles. The Morgan fingerprint density at radius 1 is 1.00 bits per heavy atom. The molecule has 1 fully saturated rings. The molecule has 1 atom stereocenters. The summed E-state index contributed by atoms with van der Waals surface area (Å²) in [6, 6.07) is 23.4. The number of quaternary nitrogens is 1. The van der Waals surface area contributed by atoms with E-state index in [-0.39, 0.29) is 5.97 Å². The van der Waals surface area contributed by atoms with Crippen molar-refractivity contribution in [2.24, 2.45) is 0 Å². The molecule has 0 radical (unpaired) electrons. The van der Waals surface area contributed by atoms with E-state index in [2.05, 4.69) is 59.3 Å². The van der Waals surface area contributed by atoms with E-state index in [1.54, 1.807) is 0 Å². The molecule has 4 nitrogen and oxygen atoms in total. The van der Waals surface area contributed by atoms with Crippen LogP contribution in [0.4, 0.5) is 0 Å². The molecule has 144 valence electrons. The summed E-state index contributed by atoms with van der Waals surface area (Å²) in [5.41, 5.74) is 4.39. The van der Waals surface area contributed by atoms with Crippen LogP contribution in [-0.4, -0.2) is 23.7 Å². The number of methoxy groups -OCH3 is 1. The van der Waals surface area contributed by atoms with E-state index in [0.29, 0.717) is 11.6 Å². The lowest BCUT2D eigenvalue weighted by molar-refractivity contribution is -0.938. The van der Waals surface area contributed by atoms with Crippen molar-refractivity contribution in [2.75, 3.05) is 7.11 Å². The predicted octanol–water partition coefficient (Wildman–Crippen LogP) is 3.07. The summed E-state index contributed by atoms with van der Waals surface area (Å²) in [4.78, 5) is 13.7. The quantitative estimate of drug-likeness (QED) is 0.614. The van der Waals surface area contributed by atoms with Gasteiger partial charge in [0.25, 0.3) is 0 Å². The van der Waals surface area contributed by atoms with E-state index in [1.807, 2.05) is 18.2 Å². The summed E-state index contributed by atoms with van der Waals surface area (Å²) in [6.45, 7) is 2.69. The summed E-state index contributed by atoms with van der Waals surface area (Å²) < 4.78 is 7.31. The Labute approximate surface area is 166 Å². The maximum Gasteiger partial charge on any atom is 0.338 e. The third kappa shape index (κ3) is 4.34. The lowest BCUT2D eigenvalue weighted by atomic mass is 10.1. The molecule has 4 heteroatoms. The predicted molar refractivity (Wildman–Crippen MR) is 109 cm³/mol. The molecule has 0 spiro atoms. The van der Waals surface area contributed by atoms with Gasteiger partial charge in [0.2, 0.25) is 0 Å². The number of benzene rings is 2. The third-order valence-electron chi connectivity index (χ3n) is 5.52. The SMILES string of the molecule is COC(=O)c1ccccc1C[NH+](Cc1cccn1Cc1ccccc1)C1CC1. The van der Waals surface area contributed by atoms with E-state index >= 15 is 0 Å². The number of nitrogens with one attached hydrogen (secondary N) is 1. The van der Waals surface area contributed by atoms with Crippen LogP contribution in [-0.2, 0) is 24.4 Å². The van der Waals surface area contributed by atoms with Gasteiger partial charge in [-0.05, 0) is 23.8 Å². The Morgan fingerprint density at radius 3 is 2.50 bits per heavy atom. The molecule has 1 aliphatic rings. The minimum absolute atomic E-state index is 0.252. The molecule has 0 bridgehead atoms. The monoisotopic (exact) mass is 375 g/mol. The third-order valence-corrected chi connectivity index (χ3v) is 5.52. The minimum atomic E-state index is -0.252. The molecule has 1 N–H and O–H groups in total. The van der Waals surface area contributed by atoms with Gasteiger partial charge in [0, 0.05) is 31.1 Å². The second-order valence-electron chi connectivity index (χ2n) is 7.55. The van der Waals surface area contributed by atoms with Gasteiger partial charge in [-0.3, -0.25) is 0 Å². The van der Waals surface area contributed by atoms with Gasteiger partial charge in [-0.1, -0.05) is 48.5 Å². The Morgan fingerprint density at radius 2 is 1.75 bits per heavy atom. The highest BCUT2D eigenvalue weighted by molar-refractivity contribution is 5.90. The van der Waals surface area contributed by atoms with Crippen LogP contribution in [0, 0.1) is 0 Å². The maximum absolute atomic E-state index is 12.1. The molecule has 1 saturated carbocycles. The van der Waals surface area contributed by atoms with Crippen LogP contribution in [0.15, 0.2) is 72.9 Å². The van der Waals surface area contributed by atoms with Gasteiger partial charge in [0.15, 0.2) is 0 Å². The zero-order valence-corrected chi connectivity index (χ0v) is 16.3. The zero-order chi connectivity index (χ0) is 19.3. The van der Waals surface area contributed by atoms with Crippen molar-refractivity contribution < 1.29 is 14.4 Å². The molecule has 1 heterocycles. The number of aromatic nitrogens is 1. The Balaban J connectivity index is 1.52. The summed E-state index contributed by atoms with van der Waals surface area (Å²) >= 11 is 0. The van der Waals surface area contributed by atoms with Gasteiger partial charge in [-0.25, -0.2) is 4.79 Å². The first-order chi connectivity index (χ1) is 13.7. The first kappa shape index (κ1) is 18.5. The van der Waals surface area contributed by atoms with E-state index in [0.717, 1.165) is 25.2 Å². The average Bonchev–Trinajstić information content (AvgIpc) is 3.50. The van der Waals surface area contributed by atoms with Crippen molar-refractivity contribution >= 4 is 5.97 Å². The van der Waals surface area contributed by atoms with Gasteiger partial charge in [-0.15, -0.1) is 0 Å². The number of carbonyl (C=O) groups is 1. The average molecular weight is 375 g/mol. The maximum atomic E-state index is 12.1. The van der Waals surface area contributed by atoms with Crippen LogP contribution in [0.2, 0.25) is 0 Å². The van der Waals surface area contributed by atoms with Crippen LogP contribution in [0.3, 0.4) is 0 Å². The highest BCUT2D eigenvalue weighted by Crippen LogP contribution is 2.18. The molecule has 3 aromatic rings. The lowest BCUT2D eigenvalue weighted by Gasteiger charge is -2.21. The molecule has 2 aromatic carbocycles. The molecule has 1 aliphatic carbocycles. The van der Waals surface area contributed by atoms with Crippen molar-refractivity contribution in [3.63, 3.8) is 0 Å². The number of carbonyl (C=O) groups excluding carboxylic acids is 1. The number of nitrogens with zero attached hydrogens (tertiary/aromatic N) is 1. The van der Waals surface area contributed by atoms with Gasteiger partial charge >= 0.3 is 5.97 Å². The topological polar surface area (TPSA) is 35.7 Å². The van der Waals surface area contributed by atoms with Crippen molar-refractivity contribution in [3.8, 4) is 0 Å². The fourth-order valence-electron chi connectivity index (χ4n) is 3.85. The molecule has 0 amide bonds. The van der Waals surface area contributed by atoms with Crippen molar-refractivity contribution in [3.05, 3.63) is 95.3 Å². The Bertz CT molecular complexity index is 929. The van der Waals surface area contributed by atoms with E-state index in [1.165, 1.54) is 36.1 Å². The standard InChI is InChI=1S/C24H26N2O2/c1-28-24(27)23-12-6-5-10-20(23)17-26(21-13-14-21)18-22-11-7-15-25(22)16-19-8-3-2-4-9-19/h2-12,15,21H,13-14,16-18H2,1H3/p+1. The number of hydrogen-bond donors (Lipinski definition) is 1. The van der Waals surface area contributed by atoms with E-state index in [9.17, 15) is 4.79 Å². The first-order valence-electron chi connectivity index (χ1n) is 9.93. The zero-order valence-electron chi connectivity index (χ0n) is 16.3. The van der Waals surface area contributed by atoms with Crippen LogP contribution in [0.1, 0.15) is 40.0 Å². The van der Waals surface area contributed by atoms with Crippen molar-refractivity contribution in [1.82, 2.24) is 4.57 Å².